The van der Waals surface area contributed by atoms with Crippen LogP contribution in [-0.4, -0.2) is 40.7 Å². The molecule has 0 spiro atoms. The first-order valence-corrected chi connectivity index (χ1v) is 12.7. The maximum Gasteiger partial charge on any atom is 0.391 e. The molecule has 26 heavy (non-hydrogen) atoms. The molecule has 4 nitrogen and oxygen atoms in total. The minimum absolute atomic E-state index is 0.103. The van der Waals surface area contributed by atoms with E-state index in [0.717, 1.165) is 11.7 Å². The van der Waals surface area contributed by atoms with Gasteiger partial charge in [-0.05, 0) is 31.0 Å². The SMILES string of the molecule is C[Si](C)(C)CCOCOc1ccc(N2CCC(C(F)(F)F)CC2)c(N)c1. The lowest BCUT2D eigenvalue weighted by Crippen LogP contribution is -2.39. The second-order valence-corrected chi connectivity index (χ2v) is 13.6. The number of anilines is 2. The van der Waals surface area contributed by atoms with Crippen molar-refractivity contribution in [1.29, 1.82) is 0 Å². The Morgan fingerprint density at radius 1 is 1.19 bits per heavy atom. The molecule has 0 aromatic heterocycles. The van der Waals surface area contributed by atoms with Gasteiger partial charge in [0.1, 0.15) is 5.75 Å². The highest BCUT2D eigenvalue weighted by molar-refractivity contribution is 6.76. The molecule has 1 aromatic carbocycles. The van der Waals surface area contributed by atoms with Crippen LogP contribution >= 0.6 is 0 Å². The predicted molar refractivity (Wildman–Crippen MR) is 101 cm³/mol. The van der Waals surface area contributed by atoms with E-state index >= 15 is 0 Å². The van der Waals surface area contributed by atoms with E-state index < -0.39 is 20.2 Å². The number of hydrogen-bond donors (Lipinski definition) is 1. The molecule has 1 aliphatic rings. The van der Waals surface area contributed by atoms with Crippen LogP contribution in [0.1, 0.15) is 12.8 Å². The zero-order valence-electron chi connectivity index (χ0n) is 15.7. The molecule has 148 valence electrons. The van der Waals surface area contributed by atoms with E-state index in [1.54, 1.807) is 18.2 Å². The van der Waals surface area contributed by atoms with Crippen LogP contribution in [0.3, 0.4) is 0 Å². The van der Waals surface area contributed by atoms with Crippen LogP contribution in [0.25, 0.3) is 0 Å². The van der Waals surface area contributed by atoms with Gasteiger partial charge < -0.3 is 20.1 Å². The van der Waals surface area contributed by atoms with E-state index in [9.17, 15) is 13.2 Å². The molecule has 0 radical (unpaired) electrons. The van der Waals surface area contributed by atoms with Crippen LogP contribution < -0.4 is 15.4 Å². The molecule has 1 aromatic rings. The fourth-order valence-electron chi connectivity index (χ4n) is 2.91. The summed E-state index contributed by atoms with van der Waals surface area (Å²) in [6.07, 6.45) is -3.90. The van der Waals surface area contributed by atoms with Crippen molar-refractivity contribution in [3.05, 3.63) is 18.2 Å². The number of nitrogens with zero attached hydrogens (tertiary/aromatic N) is 1. The van der Waals surface area contributed by atoms with Gasteiger partial charge in [0.2, 0.25) is 0 Å². The third-order valence-electron chi connectivity index (χ3n) is 4.60. The Balaban J connectivity index is 1.82. The first kappa shape index (κ1) is 20.9. The number of benzene rings is 1. The summed E-state index contributed by atoms with van der Waals surface area (Å²) in [6, 6.07) is 6.36. The summed E-state index contributed by atoms with van der Waals surface area (Å²) in [5.41, 5.74) is 7.35. The number of nitrogen functional groups attached to an aromatic ring is 1. The third kappa shape index (κ3) is 6.39. The summed E-state index contributed by atoms with van der Waals surface area (Å²) in [4.78, 5) is 1.91. The Labute approximate surface area is 154 Å². The standard InChI is InChI=1S/C18H29F3N2O2Si/c1-26(2,3)11-10-24-13-25-15-4-5-17(16(22)12-15)23-8-6-14(7-9-23)18(19,20)21/h4-5,12,14H,6-11,13,22H2,1-3H3. The van der Waals surface area contributed by atoms with Gasteiger partial charge in [-0.3, -0.25) is 0 Å². The largest absolute Gasteiger partial charge is 0.467 e. The highest BCUT2D eigenvalue weighted by Gasteiger charge is 2.41. The number of halogens is 3. The fourth-order valence-corrected chi connectivity index (χ4v) is 3.66. The summed E-state index contributed by atoms with van der Waals surface area (Å²) in [5, 5.41) is 0. The van der Waals surface area contributed by atoms with Crippen LogP contribution in [0.5, 0.6) is 5.75 Å². The van der Waals surface area contributed by atoms with E-state index in [4.69, 9.17) is 15.2 Å². The number of alkyl halides is 3. The average molecular weight is 391 g/mol. The smallest absolute Gasteiger partial charge is 0.391 e. The van der Waals surface area contributed by atoms with Crippen molar-refractivity contribution in [3.63, 3.8) is 0 Å². The van der Waals surface area contributed by atoms with Crippen LogP contribution in [0.2, 0.25) is 25.7 Å². The molecule has 0 atom stereocenters. The molecular weight excluding hydrogens is 361 g/mol. The van der Waals surface area contributed by atoms with Crippen molar-refractivity contribution in [2.75, 3.05) is 37.1 Å². The van der Waals surface area contributed by atoms with E-state index in [2.05, 4.69) is 19.6 Å². The van der Waals surface area contributed by atoms with E-state index in [-0.39, 0.29) is 19.6 Å². The first-order chi connectivity index (χ1) is 12.1. The third-order valence-corrected chi connectivity index (χ3v) is 6.31. The molecule has 2 rings (SSSR count). The second-order valence-electron chi connectivity index (χ2n) is 8.00. The molecule has 0 bridgehead atoms. The molecule has 0 amide bonds. The molecule has 8 heteroatoms. The molecule has 1 saturated heterocycles. The maximum atomic E-state index is 12.8. The Bertz CT molecular complexity index is 583. The topological polar surface area (TPSA) is 47.7 Å². The Hall–Kier alpha value is -1.41. The van der Waals surface area contributed by atoms with Gasteiger partial charge in [0.15, 0.2) is 6.79 Å². The van der Waals surface area contributed by atoms with Crippen LogP contribution in [0.4, 0.5) is 24.5 Å². The zero-order valence-corrected chi connectivity index (χ0v) is 16.7. The average Bonchev–Trinajstić information content (AvgIpc) is 2.53. The highest BCUT2D eigenvalue weighted by atomic mass is 28.3. The molecule has 1 fully saturated rings. The van der Waals surface area contributed by atoms with Crippen molar-refractivity contribution in [2.24, 2.45) is 5.92 Å². The molecule has 2 N–H and O–H groups in total. The van der Waals surface area contributed by atoms with Gasteiger partial charge >= 0.3 is 6.18 Å². The van der Waals surface area contributed by atoms with Gasteiger partial charge in [-0.25, -0.2) is 0 Å². The second kappa shape index (κ2) is 8.52. The predicted octanol–water partition coefficient (Wildman–Crippen LogP) is 4.74. The van der Waals surface area contributed by atoms with Crippen LogP contribution in [-0.2, 0) is 4.74 Å². The van der Waals surface area contributed by atoms with Gasteiger partial charge in [0.05, 0.1) is 17.3 Å². The lowest BCUT2D eigenvalue weighted by molar-refractivity contribution is -0.179. The molecule has 1 heterocycles. The number of ether oxygens (including phenoxy) is 2. The Morgan fingerprint density at radius 2 is 1.85 bits per heavy atom. The summed E-state index contributed by atoms with van der Waals surface area (Å²) < 4.78 is 49.4. The minimum atomic E-state index is -4.11. The molecule has 0 unspecified atom stereocenters. The Kier molecular flexibility index (Phi) is 6.84. The lowest BCUT2D eigenvalue weighted by Gasteiger charge is -2.35. The molecule has 0 saturated carbocycles. The van der Waals surface area contributed by atoms with Crippen LogP contribution in [0, 0.1) is 5.92 Å². The fraction of sp³-hybridized carbons (Fsp3) is 0.667. The normalized spacial score (nSPS) is 16.8. The summed E-state index contributed by atoms with van der Waals surface area (Å²) in [7, 11) is -1.12. The Morgan fingerprint density at radius 3 is 2.38 bits per heavy atom. The van der Waals surface area contributed by atoms with Gasteiger partial charge in [0.25, 0.3) is 0 Å². The van der Waals surface area contributed by atoms with Crippen molar-refractivity contribution in [3.8, 4) is 5.75 Å². The first-order valence-electron chi connectivity index (χ1n) is 8.98. The van der Waals surface area contributed by atoms with Crippen molar-refractivity contribution >= 4 is 19.4 Å². The summed E-state index contributed by atoms with van der Waals surface area (Å²) >= 11 is 0. The summed E-state index contributed by atoms with van der Waals surface area (Å²) in [5.74, 6) is -0.611. The quantitative estimate of drug-likeness (QED) is 0.316. The van der Waals surface area contributed by atoms with E-state index in [1.165, 1.54) is 0 Å². The van der Waals surface area contributed by atoms with Crippen molar-refractivity contribution in [2.45, 2.75) is 44.7 Å². The monoisotopic (exact) mass is 390 g/mol. The van der Waals surface area contributed by atoms with Gasteiger partial charge in [-0.1, -0.05) is 19.6 Å². The van der Waals surface area contributed by atoms with Gasteiger partial charge in [0, 0.05) is 33.8 Å². The van der Waals surface area contributed by atoms with Crippen LogP contribution in [0.15, 0.2) is 18.2 Å². The highest BCUT2D eigenvalue weighted by Crippen LogP contribution is 2.37. The maximum absolute atomic E-state index is 12.8. The van der Waals surface area contributed by atoms with Crippen molar-refractivity contribution in [1.82, 2.24) is 0 Å². The molecule has 0 aliphatic carbocycles. The van der Waals surface area contributed by atoms with Gasteiger partial charge in [-0.2, -0.15) is 13.2 Å². The number of hydrogen-bond acceptors (Lipinski definition) is 4. The molecular formula is C18H29F3N2O2Si. The number of nitrogens with two attached hydrogens (primary N) is 1. The van der Waals surface area contributed by atoms with E-state index in [1.807, 2.05) is 4.90 Å². The van der Waals surface area contributed by atoms with Gasteiger partial charge in [-0.15, -0.1) is 0 Å². The molecule has 1 aliphatic heterocycles. The summed E-state index contributed by atoms with van der Waals surface area (Å²) in [6.45, 7) is 8.41. The van der Waals surface area contributed by atoms with Crippen molar-refractivity contribution < 1.29 is 22.6 Å². The number of rotatable bonds is 7. The lowest BCUT2D eigenvalue weighted by atomic mass is 9.96. The van der Waals surface area contributed by atoms with E-state index in [0.29, 0.717) is 31.1 Å². The zero-order chi connectivity index (χ0) is 19.4. The number of piperidine rings is 1. The minimum Gasteiger partial charge on any atom is -0.467 e.